The van der Waals surface area contributed by atoms with Crippen LogP contribution in [0.15, 0.2) is 0 Å². The van der Waals surface area contributed by atoms with E-state index in [9.17, 15) is 8.42 Å². The fourth-order valence-corrected chi connectivity index (χ4v) is 3.85. The van der Waals surface area contributed by atoms with E-state index < -0.39 is 9.84 Å². The number of hydrogen-bond acceptors (Lipinski definition) is 4. The lowest BCUT2D eigenvalue weighted by molar-refractivity contribution is 0.119. The predicted molar refractivity (Wildman–Crippen MR) is 74.3 cm³/mol. The summed E-state index contributed by atoms with van der Waals surface area (Å²) in [5, 5.41) is -0.182. The zero-order valence-corrected chi connectivity index (χ0v) is 12.4. The first-order chi connectivity index (χ1) is 8.45. The second-order valence-corrected chi connectivity index (χ2v) is 7.77. The Labute approximate surface area is 111 Å². The van der Waals surface area contributed by atoms with Crippen molar-refractivity contribution in [2.24, 2.45) is 11.7 Å². The maximum Gasteiger partial charge on any atom is 0.150 e. The van der Waals surface area contributed by atoms with Crippen LogP contribution < -0.4 is 5.73 Å². The highest BCUT2D eigenvalue weighted by Crippen LogP contribution is 2.30. The van der Waals surface area contributed by atoms with Gasteiger partial charge >= 0.3 is 0 Å². The van der Waals surface area contributed by atoms with Crippen LogP contribution in [0.1, 0.15) is 45.4 Å². The molecule has 0 radical (unpaired) electrons. The Hall–Kier alpha value is -0.130. The lowest BCUT2D eigenvalue weighted by atomic mass is 9.83. The molecule has 0 aromatic rings. The van der Waals surface area contributed by atoms with Gasteiger partial charge in [0.25, 0.3) is 0 Å². The SMILES string of the molecule is CCCOCCC(N)C1CCCC(S(C)(=O)=O)C1. The van der Waals surface area contributed by atoms with Crippen LogP contribution in [0, 0.1) is 5.92 Å². The molecule has 108 valence electrons. The quantitative estimate of drug-likeness (QED) is 0.720. The molecule has 0 aromatic carbocycles. The van der Waals surface area contributed by atoms with Crippen molar-refractivity contribution in [1.82, 2.24) is 0 Å². The number of nitrogens with two attached hydrogens (primary N) is 1. The Bertz CT molecular complexity index is 329. The summed E-state index contributed by atoms with van der Waals surface area (Å²) in [4.78, 5) is 0. The third-order valence-corrected chi connectivity index (χ3v) is 5.46. The molecule has 5 heteroatoms. The van der Waals surface area contributed by atoms with Crippen LogP contribution in [0.3, 0.4) is 0 Å². The number of sulfone groups is 1. The van der Waals surface area contributed by atoms with Crippen molar-refractivity contribution in [3.8, 4) is 0 Å². The third kappa shape index (κ3) is 5.24. The van der Waals surface area contributed by atoms with Crippen molar-refractivity contribution in [3.05, 3.63) is 0 Å². The summed E-state index contributed by atoms with van der Waals surface area (Å²) in [6.45, 7) is 3.55. The van der Waals surface area contributed by atoms with Gasteiger partial charge in [-0.15, -0.1) is 0 Å². The van der Waals surface area contributed by atoms with Gasteiger partial charge in [-0.25, -0.2) is 8.42 Å². The third-order valence-electron chi connectivity index (χ3n) is 3.82. The van der Waals surface area contributed by atoms with Crippen molar-refractivity contribution in [2.45, 2.75) is 56.7 Å². The van der Waals surface area contributed by atoms with Crippen LogP contribution in [0.25, 0.3) is 0 Å². The lowest BCUT2D eigenvalue weighted by Crippen LogP contribution is -2.38. The first kappa shape index (κ1) is 15.9. The second-order valence-electron chi connectivity index (χ2n) is 5.44. The molecule has 0 amide bonds. The topological polar surface area (TPSA) is 69.4 Å². The second kappa shape index (κ2) is 7.46. The molecule has 2 N–H and O–H groups in total. The molecule has 0 aliphatic heterocycles. The van der Waals surface area contributed by atoms with Crippen LogP contribution in [-0.2, 0) is 14.6 Å². The molecule has 0 bridgehead atoms. The smallest absolute Gasteiger partial charge is 0.150 e. The van der Waals surface area contributed by atoms with Gasteiger partial charge in [-0.2, -0.15) is 0 Å². The normalized spacial score (nSPS) is 27.1. The van der Waals surface area contributed by atoms with Gasteiger partial charge < -0.3 is 10.5 Å². The van der Waals surface area contributed by atoms with Crippen LogP contribution in [0.2, 0.25) is 0 Å². The summed E-state index contributed by atoms with van der Waals surface area (Å²) in [6, 6.07) is 0.0754. The Balaban J connectivity index is 2.36. The molecule has 18 heavy (non-hydrogen) atoms. The Morgan fingerprint density at radius 2 is 2.06 bits per heavy atom. The molecule has 0 spiro atoms. The minimum atomic E-state index is -2.91. The average Bonchev–Trinajstić information content (AvgIpc) is 2.33. The van der Waals surface area contributed by atoms with Crippen molar-refractivity contribution < 1.29 is 13.2 Å². The maximum absolute atomic E-state index is 11.6. The zero-order chi connectivity index (χ0) is 13.6. The van der Waals surface area contributed by atoms with E-state index in [-0.39, 0.29) is 11.3 Å². The van der Waals surface area contributed by atoms with Crippen molar-refractivity contribution >= 4 is 9.84 Å². The molecule has 3 atom stereocenters. The van der Waals surface area contributed by atoms with E-state index in [1.165, 1.54) is 6.26 Å². The predicted octanol–water partition coefficient (Wildman–Crippen LogP) is 1.73. The first-order valence-corrected chi connectivity index (χ1v) is 8.92. The molecule has 0 heterocycles. The Kier molecular flexibility index (Phi) is 6.60. The highest BCUT2D eigenvalue weighted by atomic mass is 32.2. The van der Waals surface area contributed by atoms with Gasteiger partial charge in [0.15, 0.2) is 0 Å². The molecule has 3 unspecified atom stereocenters. The van der Waals surface area contributed by atoms with E-state index in [1.54, 1.807) is 0 Å². The highest BCUT2D eigenvalue weighted by molar-refractivity contribution is 7.91. The van der Waals surface area contributed by atoms with Gasteiger partial charge in [-0.1, -0.05) is 13.3 Å². The minimum Gasteiger partial charge on any atom is -0.381 e. The summed E-state index contributed by atoms with van der Waals surface area (Å²) in [5.41, 5.74) is 6.16. The van der Waals surface area contributed by atoms with Crippen molar-refractivity contribution in [3.63, 3.8) is 0 Å². The molecule has 1 fully saturated rings. The largest absolute Gasteiger partial charge is 0.381 e. The molecule has 0 aromatic heterocycles. The van der Waals surface area contributed by atoms with E-state index in [0.717, 1.165) is 45.1 Å². The molecule has 4 nitrogen and oxygen atoms in total. The maximum atomic E-state index is 11.6. The molecular formula is C13H27NO3S. The van der Waals surface area contributed by atoms with Crippen LogP contribution in [0.4, 0.5) is 0 Å². The van der Waals surface area contributed by atoms with Crippen molar-refractivity contribution in [2.75, 3.05) is 19.5 Å². The molecule has 1 aliphatic carbocycles. The van der Waals surface area contributed by atoms with Gasteiger partial charge in [0.2, 0.25) is 0 Å². The zero-order valence-electron chi connectivity index (χ0n) is 11.6. The first-order valence-electron chi connectivity index (χ1n) is 6.97. The van der Waals surface area contributed by atoms with Crippen LogP contribution in [-0.4, -0.2) is 39.2 Å². The standard InChI is InChI=1S/C13H27NO3S/c1-3-8-17-9-7-13(14)11-5-4-6-12(10-11)18(2,15)16/h11-13H,3-10,14H2,1-2H3. The van der Waals surface area contributed by atoms with E-state index >= 15 is 0 Å². The minimum absolute atomic E-state index is 0.0754. The molecule has 1 aliphatic rings. The summed E-state index contributed by atoms with van der Waals surface area (Å²) >= 11 is 0. The number of hydrogen-bond donors (Lipinski definition) is 1. The lowest BCUT2D eigenvalue weighted by Gasteiger charge is -2.32. The Morgan fingerprint density at radius 1 is 1.33 bits per heavy atom. The summed E-state index contributed by atoms with van der Waals surface area (Å²) in [7, 11) is -2.91. The van der Waals surface area contributed by atoms with Gasteiger partial charge in [0.1, 0.15) is 9.84 Å². The van der Waals surface area contributed by atoms with Gasteiger partial charge in [-0.3, -0.25) is 0 Å². The van der Waals surface area contributed by atoms with Gasteiger partial charge in [0.05, 0.1) is 5.25 Å². The van der Waals surface area contributed by atoms with Gasteiger partial charge in [0, 0.05) is 25.5 Å². The summed E-state index contributed by atoms with van der Waals surface area (Å²) in [6.07, 6.45) is 6.76. The molecule has 1 saturated carbocycles. The fourth-order valence-electron chi connectivity index (χ4n) is 2.66. The number of rotatable bonds is 7. The Morgan fingerprint density at radius 3 is 2.67 bits per heavy atom. The van der Waals surface area contributed by atoms with Crippen LogP contribution >= 0.6 is 0 Å². The monoisotopic (exact) mass is 277 g/mol. The van der Waals surface area contributed by atoms with E-state index in [4.69, 9.17) is 10.5 Å². The highest BCUT2D eigenvalue weighted by Gasteiger charge is 2.31. The van der Waals surface area contributed by atoms with Gasteiger partial charge in [-0.05, 0) is 38.0 Å². The number of ether oxygens (including phenoxy) is 1. The molecular weight excluding hydrogens is 250 g/mol. The van der Waals surface area contributed by atoms with E-state index in [0.29, 0.717) is 12.5 Å². The van der Waals surface area contributed by atoms with E-state index in [1.807, 2.05) is 0 Å². The fraction of sp³-hybridized carbons (Fsp3) is 1.00. The van der Waals surface area contributed by atoms with E-state index in [2.05, 4.69) is 6.92 Å². The molecule has 0 saturated heterocycles. The van der Waals surface area contributed by atoms with Crippen LogP contribution in [0.5, 0.6) is 0 Å². The summed E-state index contributed by atoms with van der Waals surface area (Å²) < 4.78 is 28.6. The van der Waals surface area contributed by atoms with Crippen molar-refractivity contribution in [1.29, 1.82) is 0 Å². The summed E-state index contributed by atoms with van der Waals surface area (Å²) in [5.74, 6) is 0.337. The molecule has 1 rings (SSSR count). The average molecular weight is 277 g/mol.